The second-order valence-corrected chi connectivity index (χ2v) is 4.37. The molecule has 1 atom stereocenters. The van der Waals surface area contributed by atoms with Crippen molar-refractivity contribution in [3.63, 3.8) is 0 Å². The minimum atomic E-state index is -0.708. The molecule has 0 aliphatic rings. The van der Waals surface area contributed by atoms with Gasteiger partial charge in [-0.05, 0) is 17.7 Å². The maximum absolute atomic E-state index is 11.0. The molecule has 0 bridgehead atoms. The number of para-hydroxylation sites is 1. The molecule has 4 nitrogen and oxygen atoms in total. The Morgan fingerprint density at radius 1 is 1.21 bits per heavy atom. The molecular formula is C14H9ClN2O2. The molecule has 0 heterocycles. The van der Waals surface area contributed by atoms with Crippen molar-refractivity contribution in [2.45, 2.75) is 5.92 Å². The van der Waals surface area contributed by atoms with Crippen LogP contribution in [-0.4, -0.2) is 4.92 Å². The molecule has 0 saturated heterocycles. The van der Waals surface area contributed by atoms with Crippen LogP contribution in [0.25, 0.3) is 0 Å². The standard InChI is InChI=1S/C14H9ClN2O2/c15-11-5-3-4-10(8-11)13(9-16)12-6-1-2-7-14(12)17(18)19/h1-8,13H. The summed E-state index contributed by atoms with van der Waals surface area (Å²) in [5, 5.41) is 20.8. The number of nitriles is 1. The Hall–Kier alpha value is -2.38. The molecule has 5 heteroatoms. The average molecular weight is 273 g/mol. The summed E-state index contributed by atoms with van der Waals surface area (Å²) in [6.45, 7) is 0. The first-order chi connectivity index (χ1) is 9.13. The molecule has 0 amide bonds. The normalized spacial score (nSPS) is 11.6. The number of halogens is 1. The first-order valence-corrected chi connectivity index (χ1v) is 5.89. The lowest BCUT2D eigenvalue weighted by molar-refractivity contribution is -0.385. The SMILES string of the molecule is N#CC(c1cccc(Cl)c1)c1ccccc1[N+](=O)[O-]. The minimum absolute atomic E-state index is 0.0611. The molecule has 1 unspecified atom stereocenters. The van der Waals surface area contributed by atoms with Crippen molar-refractivity contribution in [3.05, 3.63) is 74.8 Å². The van der Waals surface area contributed by atoms with Crippen LogP contribution in [0.1, 0.15) is 17.0 Å². The fourth-order valence-corrected chi connectivity index (χ4v) is 2.11. The summed E-state index contributed by atoms with van der Waals surface area (Å²) >= 11 is 5.89. The second-order valence-electron chi connectivity index (χ2n) is 3.93. The van der Waals surface area contributed by atoms with Gasteiger partial charge in [-0.1, -0.05) is 41.9 Å². The molecule has 19 heavy (non-hydrogen) atoms. The van der Waals surface area contributed by atoms with Crippen molar-refractivity contribution < 1.29 is 4.92 Å². The summed E-state index contributed by atoms with van der Waals surface area (Å²) in [6.07, 6.45) is 0. The fraction of sp³-hybridized carbons (Fsp3) is 0.0714. The van der Waals surface area contributed by atoms with E-state index in [1.54, 1.807) is 42.5 Å². The van der Waals surface area contributed by atoms with Crippen molar-refractivity contribution >= 4 is 17.3 Å². The highest BCUT2D eigenvalue weighted by Crippen LogP contribution is 2.32. The van der Waals surface area contributed by atoms with Crippen LogP contribution < -0.4 is 0 Å². The molecule has 0 radical (unpaired) electrons. The molecule has 2 rings (SSSR count). The van der Waals surface area contributed by atoms with E-state index < -0.39 is 10.8 Å². The van der Waals surface area contributed by atoms with Crippen LogP contribution in [0.2, 0.25) is 5.02 Å². The van der Waals surface area contributed by atoms with Gasteiger partial charge in [-0.15, -0.1) is 0 Å². The predicted octanol–water partition coefficient (Wildman–Crippen LogP) is 3.90. The highest BCUT2D eigenvalue weighted by atomic mass is 35.5. The Balaban J connectivity index is 2.55. The summed E-state index contributed by atoms with van der Waals surface area (Å²) in [5.41, 5.74) is 0.954. The second kappa shape index (κ2) is 5.51. The Kier molecular flexibility index (Phi) is 3.79. The van der Waals surface area contributed by atoms with Gasteiger partial charge in [0.15, 0.2) is 0 Å². The molecule has 2 aromatic carbocycles. The maximum atomic E-state index is 11.0. The van der Waals surface area contributed by atoms with E-state index in [1.165, 1.54) is 6.07 Å². The van der Waals surface area contributed by atoms with Crippen molar-refractivity contribution in [2.24, 2.45) is 0 Å². The molecule has 0 N–H and O–H groups in total. The van der Waals surface area contributed by atoms with E-state index in [0.29, 0.717) is 16.1 Å². The molecule has 0 saturated carbocycles. The quantitative estimate of drug-likeness (QED) is 0.628. The lowest BCUT2D eigenvalue weighted by atomic mass is 9.91. The lowest BCUT2D eigenvalue weighted by Crippen LogP contribution is -2.02. The number of nitro groups is 1. The zero-order valence-corrected chi connectivity index (χ0v) is 10.5. The van der Waals surface area contributed by atoms with Gasteiger partial charge in [-0.25, -0.2) is 0 Å². The number of rotatable bonds is 3. The third kappa shape index (κ3) is 2.72. The predicted molar refractivity (Wildman–Crippen MR) is 72.0 cm³/mol. The monoisotopic (exact) mass is 272 g/mol. The van der Waals surface area contributed by atoms with E-state index in [-0.39, 0.29) is 5.69 Å². The van der Waals surface area contributed by atoms with Crippen LogP contribution in [0.5, 0.6) is 0 Å². The Morgan fingerprint density at radius 2 is 1.95 bits per heavy atom. The highest BCUT2D eigenvalue weighted by Gasteiger charge is 2.22. The molecule has 0 aliphatic carbocycles. The summed E-state index contributed by atoms with van der Waals surface area (Å²) in [7, 11) is 0. The van der Waals surface area contributed by atoms with Gasteiger partial charge in [-0.3, -0.25) is 10.1 Å². The van der Waals surface area contributed by atoms with Gasteiger partial charge in [0.05, 0.1) is 16.6 Å². The molecule has 0 aliphatic heterocycles. The van der Waals surface area contributed by atoms with Gasteiger partial charge in [0, 0.05) is 11.1 Å². The van der Waals surface area contributed by atoms with Gasteiger partial charge in [0.25, 0.3) is 5.69 Å². The number of nitrogens with zero attached hydrogens (tertiary/aromatic N) is 2. The van der Waals surface area contributed by atoms with E-state index in [9.17, 15) is 15.4 Å². The summed E-state index contributed by atoms with van der Waals surface area (Å²) in [5.74, 6) is -0.708. The van der Waals surface area contributed by atoms with Crippen LogP contribution in [0.4, 0.5) is 5.69 Å². The van der Waals surface area contributed by atoms with Gasteiger partial charge in [0.1, 0.15) is 5.92 Å². The number of hydrogen-bond donors (Lipinski definition) is 0. The Morgan fingerprint density at radius 3 is 2.58 bits per heavy atom. The number of benzene rings is 2. The van der Waals surface area contributed by atoms with Crippen LogP contribution in [0.3, 0.4) is 0 Å². The van der Waals surface area contributed by atoms with Gasteiger partial charge >= 0.3 is 0 Å². The zero-order chi connectivity index (χ0) is 13.8. The topological polar surface area (TPSA) is 66.9 Å². The molecule has 0 spiro atoms. The van der Waals surface area contributed by atoms with E-state index in [2.05, 4.69) is 6.07 Å². The molecular weight excluding hydrogens is 264 g/mol. The average Bonchev–Trinajstić information content (AvgIpc) is 2.40. The maximum Gasteiger partial charge on any atom is 0.274 e. The zero-order valence-electron chi connectivity index (χ0n) is 9.79. The molecule has 0 aromatic heterocycles. The summed E-state index contributed by atoms with van der Waals surface area (Å²) in [6, 6.07) is 15.1. The molecule has 2 aromatic rings. The van der Waals surface area contributed by atoms with Crippen molar-refractivity contribution in [3.8, 4) is 6.07 Å². The first kappa shape index (κ1) is 13.1. The van der Waals surface area contributed by atoms with Gasteiger partial charge in [0.2, 0.25) is 0 Å². The number of nitro benzene ring substituents is 1. The minimum Gasteiger partial charge on any atom is -0.258 e. The smallest absolute Gasteiger partial charge is 0.258 e. The summed E-state index contributed by atoms with van der Waals surface area (Å²) < 4.78 is 0. The van der Waals surface area contributed by atoms with Crippen molar-refractivity contribution in [2.75, 3.05) is 0 Å². The van der Waals surface area contributed by atoms with Crippen LogP contribution >= 0.6 is 11.6 Å². The lowest BCUT2D eigenvalue weighted by Gasteiger charge is -2.10. The third-order valence-corrected chi connectivity index (χ3v) is 2.99. The van der Waals surface area contributed by atoms with Gasteiger partial charge in [-0.2, -0.15) is 5.26 Å². The van der Waals surface area contributed by atoms with Crippen molar-refractivity contribution in [1.29, 1.82) is 5.26 Å². The van der Waals surface area contributed by atoms with Gasteiger partial charge < -0.3 is 0 Å². The van der Waals surface area contributed by atoms with E-state index in [1.807, 2.05) is 0 Å². The summed E-state index contributed by atoms with van der Waals surface area (Å²) in [4.78, 5) is 10.5. The van der Waals surface area contributed by atoms with E-state index in [4.69, 9.17) is 11.6 Å². The highest BCUT2D eigenvalue weighted by molar-refractivity contribution is 6.30. The molecule has 0 fully saturated rings. The third-order valence-electron chi connectivity index (χ3n) is 2.76. The Bertz CT molecular complexity index is 664. The Labute approximate surface area is 115 Å². The van der Waals surface area contributed by atoms with Crippen LogP contribution in [0, 0.1) is 21.4 Å². The van der Waals surface area contributed by atoms with Crippen LogP contribution in [-0.2, 0) is 0 Å². The van der Waals surface area contributed by atoms with Crippen molar-refractivity contribution in [1.82, 2.24) is 0 Å². The van der Waals surface area contributed by atoms with Crippen LogP contribution in [0.15, 0.2) is 48.5 Å². The van der Waals surface area contributed by atoms with E-state index >= 15 is 0 Å². The molecule has 94 valence electrons. The first-order valence-electron chi connectivity index (χ1n) is 5.52. The number of hydrogen-bond acceptors (Lipinski definition) is 3. The largest absolute Gasteiger partial charge is 0.274 e. The van der Waals surface area contributed by atoms with E-state index in [0.717, 1.165) is 0 Å². The fourth-order valence-electron chi connectivity index (χ4n) is 1.91.